The molecule has 0 aliphatic heterocycles. The van der Waals surface area contributed by atoms with Crippen LogP contribution in [0, 0.1) is 0 Å². The third-order valence-corrected chi connectivity index (χ3v) is 3.41. The number of nitrogens with zero attached hydrogens (tertiary/aromatic N) is 1. The number of hydrogen-bond donors (Lipinski definition) is 3. The highest BCUT2D eigenvalue weighted by molar-refractivity contribution is 8.08. The van der Waals surface area contributed by atoms with Crippen LogP contribution in [0.4, 0.5) is 0 Å². The Morgan fingerprint density at radius 2 is 2.29 bits per heavy atom. The molecule has 0 radical (unpaired) electrons. The van der Waals surface area contributed by atoms with E-state index in [1.165, 1.54) is 19.2 Å². The number of thioether (sulfide) groups is 1. The van der Waals surface area contributed by atoms with Crippen molar-refractivity contribution in [3.8, 4) is 0 Å². The van der Waals surface area contributed by atoms with Crippen molar-refractivity contribution < 1.29 is 10.2 Å². The predicted molar refractivity (Wildman–Crippen MR) is 66.8 cm³/mol. The molecule has 1 unspecified atom stereocenters. The van der Waals surface area contributed by atoms with Crippen LogP contribution in [0.5, 0.6) is 0 Å². The van der Waals surface area contributed by atoms with Crippen LogP contribution in [0.3, 0.4) is 0 Å². The first-order valence-corrected chi connectivity index (χ1v) is 5.80. The van der Waals surface area contributed by atoms with E-state index in [-0.39, 0.29) is 6.61 Å². The molecule has 0 fully saturated rings. The fourth-order valence-electron chi connectivity index (χ4n) is 1.13. The molecule has 0 spiro atoms. The SMILES string of the molecule is C=C(S[C@H](CO)C(C)O)n1ccc(=O)[nH]c1=O. The summed E-state index contributed by atoms with van der Waals surface area (Å²) in [7, 11) is 0. The van der Waals surface area contributed by atoms with Crippen molar-refractivity contribution in [3.05, 3.63) is 39.7 Å². The second kappa shape index (κ2) is 5.85. The molecule has 1 aromatic rings. The van der Waals surface area contributed by atoms with Gasteiger partial charge in [0.25, 0.3) is 5.56 Å². The molecule has 2 atom stereocenters. The van der Waals surface area contributed by atoms with Gasteiger partial charge in [0.05, 0.1) is 23.0 Å². The Morgan fingerprint density at radius 3 is 2.76 bits per heavy atom. The molecule has 0 saturated carbocycles. The molecule has 0 aliphatic carbocycles. The van der Waals surface area contributed by atoms with Crippen molar-refractivity contribution in [2.45, 2.75) is 18.3 Å². The second-order valence-corrected chi connectivity index (χ2v) is 4.77. The summed E-state index contributed by atoms with van der Waals surface area (Å²) in [6, 6.07) is 1.20. The minimum Gasteiger partial charge on any atom is -0.395 e. The number of hydrogen-bond acceptors (Lipinski definition) is 5. The Bertz CT molecular complexity index is 506. The number of nitrogens with one attached hydrogen (secondary N) is 1. The van der Waals surface area contributed by atoms with Crippen LogP contribution in [0.2, 0.25) is 0 Å². The van der Waals surface area contributed by atoms with E-state index in [9.17, 15) is 14.7 Å². The van der Waals surface area contributed by atoms with E-state index in [2.05, 4.69) is 11.6 Å². The summed E-state index contributed by atoms with van der Waals surface area (Å²) in [6.07, 6.45) is 0.563. The van der Waals surface area contributed by atoms with Crippen LogP contribution in [0.1, 0.15) is 6.92 Å². The van der Waals surface area contributed by atoms with E-state index in [1.807, 2.05) is 0 Å². The van der Waals surface area contributed by atoms with E-state index in [4.69, 9.17) is 5.11 Å². The first kappa shape index (κ1) is 13.8. The Hall–Kier alpha value is -1.31. The van der Waals surface area contributed by atoms with Gasteiger partial charge in [-0.15, -0.1) is 0 Å². The third-order valence-electron chi connectivity index (χ3n) is 2.10. The van der Waals surface area contributed by atoms with Gasteiger partial charge >= 0.3 is 5.69 Å². The summed E-state index contributed by atoms with van der Waals surface area (Å²) in [5.41, 5.74) is -1.09. The molecule has 1 rings (SSSR count). The summed E-state index contributed by atoms with van der Waals surface area (Å²) in [6.45, 7) is 4.97. The smallest absolute Gasteiger partial charge is 0.333 e. The molecule has 6 nitrogen and oxygen atoms in total. The summed E-state index contributed by atoms with van der Waals surface area (Å²) in [4.78, 5) is 24.4. The van der Waals surface area contributed by atoms with Crippen molar-refractivity contribution in [2.24, 2.45) is 0 Å². The van der Waals surface area contributed by atoms with Crippen molar-refractivity contribution in [1.29, 1.82) is 0 Å². The number of H-pyrrole nitrogens is 1. The van der Waals surface area contributed by atoms with E-state index in [1.54, 1.807) is 0 Å². The van der Waals surface area contributed by atoms with Gasteiger partial charge in [0, 0.05) is 12.3 Å². The first-order valence-electron chi connectivity index (χ1n) is 4.92. The molecule has 0 bridgehead atoms. The molecular weight excluding hydrogens is 244 g/mol. The number of aliphatic hydroxyl groups is 2. The van der Waals surface area contributed by atoms with Gasteiger partial charge in [-0.3, -0.25) is 14.3 Å². The fraction of sp³-hybridized carbons (Fsp3) is 0.400. The van der Waals surface area contributed by atoms with Gasteiger partial charge in [0.1, 0.15) is 0 Å². The molecule has 0 aliphatic rings. The molecule has 3 N–H and O–H groups in total. The summed E-state index contributed by atoms with van der Waals surface area (Å²) in [5, 5.41) is 18.2. The molecular formula is C10H14N2O4S. The maximum Gasteiger partial charge on any atom is 0.333 e. The summed E-state index contributed by atoms with van der Waals surface area (Å²) >= 11 is 1.07. The Morgan fingerprint density at radius 1 is 1.65 bits per heavy atom. The summed E-state index contributed by atoms with van der Waals surface area (Å²) in [5.74, 6) is 0. The number of aromatic nitrogens is 2. The molecule has 7 heteroatoms. The lowest BCUT2D eigenvalue weighted by Gasteiger charge is -2.18. The van der Waals surface area contributed by atoms with Crippen molar-refractivity contribution >= 4 is 16.8 Å². The standard InChI is InChI=1S/C10H14N2O4S/c1-6(14)8(5-13)17-7(2)12-4-3-9(15)11-10(12)16/h3-4,6,8,13-14H,2,5H2,1H3,(H,11,15,16)/t6?,8-/m1/s1. The van der Waals surface area contributed by atoms with E-state index in [0.29, 0.717) is 5.03 Å². The molecule has 0 amide bonds. The van der Waals surface area contributed by atoms with E-state index in [0.717, 1.165) is 16.3 Å². The topological polar surface area (TPSA) is 95.3 Å². The monoisotopic (exact) mass is 258 g/mol. The number of aromatic amines is 1. The molecule has 94 valence electrons. The van der Waals surface area contributed by atoms with Crippen LogP contribution in [-0.2, 0) is 0 Å². The van der Waals surface area contributed by atoms with E-state index >= 15 is 0 Å². The fourth-order valence-corrected chi connectivity index (χ4v) is 2.01. The summed E-state index contributed by atoms with van der Waals surface area (Å²) < 4.78 is 1.15. The largest absolute Gasteiger partial charge is 0.395 e. The van der Waals surface area contributed by atoms with Crippen LogP contribution >= 0.6 is 11.8 Å². The van der Waals surface area contributed by atoms with Gasteiger partial charge in [0.15, 0.2) is 0 Å². The van der Waals surface area contributed by atoms with Gasteiger partial charge in [-0.1, -0.05) is 18.3 Å². The predicted octanol–water partition coefficient (Wildman–Crippen LogP) is -0.560. The quantitative estimate of drug-likeness (QED) is 0.658. The zero-order valence-electron chi connectivity index (χ0n) is 9.29. The van der Waals surface area contributed by atoms with Crippen molar-refractivity contribution in [3.63, 3.8) is 0 Å². The normalized spacial score (nSPS) is 14.3. The van der Waals surface area contributed by atoms with Crippen molar-refractivity contribution in [2.75, 3.05) is 6.61 Å². The first-order chi connectivity index (χ1) is 7.95. The maximum atomic E-state index is 11.4. The minimum atomic E-state index is -0.736. The van der Waals surface area contributed by atoms with Gasteiger partial charge < -0.3 is 10.2 Å². The Kier molecular flexibility index (Phi) is 4.73. The van der Waals surface area contributed by atoms with Crippen LogP contribution < -0.4 is 11.2 Å². The number of aliphatic hydroxyl groups excluding tert-OH is 2. The zero-order valence-corrected chi connectivity index (χ0v) is 10.1. The van der Waals surface area contributed by atoms with Gasteiger partial charge in [-0.2, -0.15) is 0 Å². The highest BCUT2D eigenvalue weighted by atomic mass is 32.2. The van der Waals surface area contributed by atoms with Gasteiger partial charge in [0.2, 0.25) is 0 Å². The molecule has 17 heavy (non-hydrogen) atoms. The minimum absolute atomic E-state index is 0.237. The lowest BCUT2D eigenvalue weighted by atomic mass is 10.3. The third kappa shape index (κ3) is 3.58. The van der Waals surface area contributed by atoms with Crippen LogP contribution in [0.25, 0.3) is 5.03 Å². The highest BCUT2D eigenvalue weighted by Crippen LogP contribution is 2.24. The van der Waals surface area contributed by atoms with Crippen LogP contribution in [-0.4, -0.2) is 37.7 Å². The molecule has 0 aromatic carbocycles. The molecule has 1 heterocycles. The lowest BCUT2D eigenvalue weighted by molar-refractivity contribution is 0.156. The Balaban J connectivity index is 2.90. The maximum absolute atomic E-state index is 11.4. The number of rotatable bonds is 5. The highest BCUT2D eigenvalue weighted by Gasteiger charge is 2.17. The lowest BCUT2D eigenvalue weighted by Crippen LogP contribution is -2.29. The molecule has 1 aromatic heterocycles. The van der Waals surface area contributed by atoms with E-state index < -0.39 is 22.6 Å². The average Bonchev–Trinajstić information content (AvgIpc) is 2.24. The van der Waals surface area contributed by atoms with Crippen molar-refractivity contribution in [1.82, 2.24) is 9.55 Å². The second-order valence-electron chi connectivity index (χ2n) is 3.45. The van der Waals surface area contributed by atoms with Crippen LogP contribution in [0.15, 0.2) is 28.4 Å². The molecule has 0 saturated heterocycles. The average molecular weight is 258 g/mol. The Labute approximate surface area is 102 Å². The zero-order chi connectivity index (χ0) is 13.0. The van der Waals surface area contributed by atoms with Gasteiger partial charge in [-0.05, 0) is 6.92 Å². The van der Waals surface area contributed by atoms with Gasteiger partial charge in [-0.25, -0.2) is 4.79 Å².